The number of nitrogens with zero attached hydrogens (tertiary/aromatic N) is 2. The van der Waals surface area contributed by atoms with Crippen LogP contribution in [0.15, 0.2) is 22.7 Å². The third-order valence-electron chi connectivity index (χ3n) is 5.20. The summed E-state index contributed by atoms with van der Waals surface area (Å²) in [6, 6.07) is 10.00. The lowest BCUT2D eigenvalue weighted by Gasteiger charge is -2.23. The van der Waals surface area contributed by atoms with Gasteiger partial charge in [0, 0.05) is 5.92 Å². The molecular weight excluding hydrogens is 376 g/mol. The average molecular weight is 390 g/mol. The molecule has 122 valence electrons. The Hall–Kier alpha value is -2.13. The molecule has 4 rings (SSSR count). The van der Waals surface area contributed by atoms with Gasteiger partial charge in [-0.15, -0.1) is 0 Å². The first-order valence-corrected chi connectivity index (χ1v) is 8.17. The molecule has 3 aliphatic rings. The van der Waals surface area contributed by atoms with E-state index in [4.69, 9.17) is 19.9 Å². The smallest absolute Gasteiger partial charge is 0.343 e. The molecular formula is C16H14BrN4O3+. The molecule has 0 radical (unpaired) electrons. The maximum atomic E-state index is 10.0. The van der Waals surface area contributed by atoms with Gasteiger partial charge in [-0.3, -0.25) is 5.73 Å². The van der Waals surface area contributed by atoms with Crippen LogP contribution in [0.3, 0.4) is 0 Å². The number of hydrogen-bond acceptors (Lipinski definition) is 6. The molecule has 1 aromatic carbocycles. The molecule has 2 fully saturated rings. The molecule has 1 saturated carbocycles. The fourth-order valence-electron chi connectivity index (χ4n) is 4.18. The highest BCUT2D eigenvalue weighted by molar-refractivity contribution is 9.10. The number of amidine groups is 1. The van der Waals surface area contributed by atoms with E-state index in [-0.39, 0.29) is 5.84 Å². The van der Waals surface area contributed by atoms with E-state index in [1.54, 1.807) is 13.2 Å². The number of nitriles is 2. The Labute approximate surface area is 146 Å². The first kappa shape index (κ1) is 15.4. The van der Waals surface area contributed by atoms with Gasteiger partial charge in [0.2, 0.25) is 0 Å². The van der Waals surface area contributed by atoms with E-state index in [2.05, 4.69) is 33.1 Å². The van der Waals surface area contributed by atoms with Gasteiger partial charge >= 0.3 is 5.91 Å². The number of fused-ring (bicyclic) bond motifs is 2. The zero-order valence-electron chi connectivity index (χ0n) is 12.8. The topological polar surface area (TPSA) is 115 Å². The van der Waals surface area contributed by atoms with Gasteiger partial charge < -0.3 is 14.2 Å². The van der Waals surface area contributed by atoms with E-state index < -0.39 is 22.7 Å². The van der Waals surface area contributed by atoms with Gasteiger partial charge in [0.05, 0.1) is 36.9 Å². The van der Waals surface area contributed by atoms with E-state index in [0.717, 1.165) is 10.0 Å². The van der Waals surface area contributed by atoms with Crippen LogP contribution in [-0.2, 0) is 9.47 Å². The highest BCUT2D eigenvalue weighted by Gasteiger charge is 2.97. The van der Waals surface area contributed by atoms with E-state index in [9.17, 15) is 10.5 Å². The van der Waals surface area contributed by atoms with E-state index in [1.165, 1.54) is 0 Å². The molecule has 0 amide bonds. The summed E-state index contributed by atoms with van der Waals surface area (Å²) < 4.78 is 17.4. The van der Waals surface area contributed by atoms with Crippen LogP contribution < -0.4 is 15.5 Å². The second-order valence-electron chi connectivity index (χ2n) is 6.02. The van der Waals surface area contributed by atoms with Crippen molar-refractivity contribution in [2.45, 2.75) is 11.8 Å². The van der Waals surface area contributed by atoms with Crippen molar-refractivity contribution in [1.82, 2.24) is 0 Å². The molecule has 2 heterocycles. The van der Waals surface area contributed by atoms with Crippen LogP contribution in [0, 0.1) is 33.5 Å². The largest absolute Gasteiger partial charge is 0.496 e. The Balaban J connectivity index is 1.89. The normalized spacial score (nSPS) is 35.0. The lowest BCUT2D eigenvalue weighted by Crippen LogP contribution is -2.89. The number of hydrogen-bond donors (Lipinski definition) is 2. The standard InChI is InChI=1S/C16H13BrN4O3/c1-22-11-3-2-9(6-10(11)17)12-14(7-18)13(20)21-16(15(12,14)8-19)23-4-5-24-16/h2-3,6,12H,4-5H2,1H3,(H2,20,21)/p+1/t12-,14+,15+/m0/s1. The lowest BCUT2D eigenvalue weighted by atomic mass is 9.94. The van der Waals surface area contributed by atoms with Crippen molar-refractivity contribution in [3.8, 4) is 17.9 Å². The molecule has 1 saturated heterocycles. The second kappa shape index (κ2) is 4.70. The Morgan fingerprint density at radius 1 is 1.33 bits per heavy atom. The van der Waals surface area contributed by atoms with Crippen molar-refractivity contribution in [3.63, 3.8) is 0 Å². The quantitative estimate of drug-likeness (QED) is 0.718. The predicted molar refractivity (Wildman–Crippen MR) is 84.3 cm³/mol. The van der Waals surface area contributed by atoms with Crippen molar-refractivity contribution in [2.75, 3.05) is 20.3 Å². The van der Waals surface area contributed by atoms with Gasteiger partial charge in [-0.1, -0.05) is 6.07 Å². The van der Waals surface area contributed by atoms with Gasteiger partial charge in [-0.05, 0) is 33.6 Å². The van der Waals surface area contributed by atoms with Crippen LogP contribution in [0.4, 0.5) is 0 Å². The Kier molecular flexibility index (Phi) is 3.02. The number of methoxy groups -OCH3 is 1. The lowest BCUT2D eigenvalue weighted by molar-refractivity contribution is -0.676. The Morgan fingerprint density at radius 3 is 2.58 bits per heavy atom. The van der Waals surface area contributed by atoms with Crippen LogP contribution in [0.25, 0.3) is 0 Å². The molecule has 3 N–H and O–H groups in total. The summed E-state index contributed by atoms with van der Waals surface area (Å²) in [5.41, 5.74) is 4.51. The summed E-state index contributed by atoms with van der Waals surface area (Å²) >= 11 is 3.45. The first-order chi connectivity index (χ1) is 11.5. The van der Waals surface area contributed by atoms with Crippen molar-refractivity contribution >= 4 is 21.8 Å². The minimum atomic E-state index is -1.38. The Morgan fingerprint density at radius 2 is 2.04 bits per heavy atom. The van der Waals surface area contributed by atoms with Crippen LogP contribution >= 0.6 is 15.9 Å². The summed E-state index contributed by atoms with van der Waals surface area (Å²) in [5, 5.41) is 19.9. The van der Waals surface area contributed by atoms with Gasteiger partial charge in [0.15, 0.2) is 10.8 Å². The summed E-state index contributed by atoms with van der Waals surface area (Å²) in [7, 11) is 1.57. The fourth-order valence-corrected chi connectivity index (χ4v) is 4.74. The van der Waals surface area contributed by atoms with Gasteiger partial charge in [-0.25, -0.2) is 4.99 Å². The number of halogens is 1. The monoisotopic (exact) mass is 389 g/mol. The van der Waals surface area contributed by atoms with Crippen LogP contribution in [0.5, 0.6) is 5.75 Å². The molecule has 8 heteroatoms. The van der Waals surface area contributed by atoms with Crippen LogP contribution in [-0.4, -0.2) is 32.1 Å². The number of ether oxygens (including phenoxy) is 3. The maximum absolute atomic E-state index is 10.0. The summed E-state index contributed by atoms with van der Waals surface area (Å²) in [6.07, 6.45) is 0. The minimum absolute atomic E-state index is 0.213. The highest BCUT2D eigenvalue weighted by Crippen LogP contribution is 2.79. The molecule has 7 nitrogen and oxygen atoms in total. The molecule has 0 bridgehead atoms. The zero-order chi connectivity index (χ0) is 17.2. The number of rotatable bonds is 2. The van der Waals surface area contributed by atoms with E-state index in [1.807, 2.05) is 12.1 Å². The molecule has 3 atom stereocenters. The average Bonchev–Trinajstić information content (AvgIpc) is 2.84. The van der Waals surface area contributed by atoms with Crippen LogP contribution in [0.2, 0.25) is 0 Å². The molecule has 1 aromatic rings. The summed E-state index contributed by atoms with van der Waals surface area (Å²) in [5.74, 6) is -0.954. The van der Waals surface area contributed by atoms with Crippen molar-refractivity contribution < 1.29 is 19.2 Å². The fraction of sp³-hybridized carbons (Fsp3) is 0.438. The molecule has 1 spiro atoms. The maximum Gasteiger partial charge on any atom is 0.343 e. The van der Waals surface area contributed by atoms with Crippen molar-refractivity contribution in [2.24, 2.45) is 16.6 Å². The van der Waals surface area contributed by atoms with Crippen LogP contribution in [0.1, 0.15) is 11.5 Å². The summed E-state index contributed by atoms with van der Waals surface area (Å²) in [4.78, 5) is 2.92. The van der Waals surface area contributed by atoms with Crippen molar-refractivity contribution in [1.29, 1.82) is 10.5 Å². The molecule has 2 aliphatic heterocycles. The number of nitrogens with one attached hydrogen (secondary N) is 1. The minimum Gasteiger partial charge on any atom is -0.496 e. The number of benzene rings is 1. The third-order valence-corrected chi connectivity index (χ3v) is 5.82. The van der Waals surface area contributed by atoms with Gasteiger partial charge in [0.25, 0.3) is 5.84 Å². The third kappa shape index (κ3) is 1.41. The van der Waals surface area contributed by atoms with Gasteiger partial charge in [0.1, 0.15) is 5.75 Å². The zero-order valence-corrected chi connectivity index (χ0v) is 14.4. The molecule has 1 aliphatic carbocycles. The molecule has 24 heavy (non-hydrogen) atoms. The second-order valence-corrected chi connectivity index (χ2v) is 6.87. The van der Waals surface area contributed by atoms with Crippen molar-refractivity contribution in [3.05, 3.63) is 28.2 Å². The summed E-state index contributed by atoms with van der Waals surface area (Å²) in [6.45, 7) is 0.675. The first-order valence-electron chi connectivity index (χ1n) is 7.38. The predicted octanol–water partition coefficient (Wildman–Crippen LogP) is -0.273. The SMILES string of the molecule is COc1ccc([C@H]2[C@]3(C#N)C(N)=[NH+]C4(OCCO4)[C@]23C#N)cc1Br. The molecule has 0 aromatic heterocycles. The van der Waals surface area contributed by atoms with Gasteiger partial charge in [-0.2, -0.15) is 10.5 Å². The number of nitrogens with two attached hydrogens (primary N) is 1. The highest BCUT2D eigenvalue weighted by atomic mass is 79.9. The van der Waals surface area contributed by atoms with E-state index >= 15 is 0 Å². The van der Waals surface area contributed by atoms with E-state index in [0.29, 0.717) is 19.0 Å². The molecule has 0 unspecified atom stereocenters. The Bertz CT molecular complexity index is 852.